The molecule has 226 valence electrons. The van der Waals surface area contributed by atoms with Crippen molar-refractivity contribution in [3.8, 4) is 33.6 Å². The maximum absolute atomic E-state index is 15.2. The minimum absolute atomic E-state index is 0.00253. The number of halogens is 1. The SMILES string of the molecule is COc1cc2c(Oc3ccc(NC(=O)c4csc(-c5ccccc5)n4)cc3F)ccnc2cc1OCCCN1CCNCC1. The van der Waals surface area contributed by atoms with Crippen LogP contribution in [-0.4, -0.2) is 67.2 Å². The molecule has 0 spiro atoms. The largest absolute Gasteiger partial charge is 0.493 e. The third-order valence-corrected chi connectivity index (χ3v) is 8.13. The number of benzene rings is 3. The van der Waals surface area contributed by atoms with Crippen molar-refractivity contribution in [2.45, 2.75) is 6.42 Å². The van der Waals surface area contributed by atoms with Crippen LogP contribution in [0, 0.1) is 5.82 Å². The van der Waals surface area contributed by atoms with Crippen molar-refractivity contribution in [1.29, 1.82) is 0 Å². The van der Waals surface area contributed by atoms with E-state index >= 15 is 4.39 Å². The molecule has 2 aromatic heterocycles. The number of anilines is 1. The molecular weight excluding hydrogens is 581 g/mol. The molecule has 11 heteroatoms. The molecule has 0 atom stereocenters. The van der Waals surface area contributed by atoms with Crippen LogP contribution in [0.1, 0.15) is 16.9 Å². The average Bonchev–Trinajstić information content (AvgIpc) is 3.56. The highest BCUT2D eigenvalue weighted by molar-refractivity contribution is 7.13. The van der Waals surface area contributed by atoms with Crippen LogP contribution in [0.2, 0.25) is 0 Å². The molecule has 0 saturated carbocycles. The number of methoxy groups -OCH3 is 1. The second-order valence-corrected chi connectivity index (χ2v) is 11.1. The fraction of sp³-hybridized carbons (Fsp3) is 0.242. The van der Waals surface area contributed by atoms with Gasteiger partial charge in [-0.05, 0) is 30.7 Å². The summed E-state index contributed by atoms with van der Waals surface area (Å²) in [6.45, 7) is 5.65. The second-order valence-electron chi connectivity index (χ2n) is 10.2. The number of carbonyl (C=O) groups excluding carboxylic acids is 1. The number of rotatable bonds is 11. The molecule has 6 rings (SSSR count). The molecule has 1 fully saturated rings. The Morgan fingerprint density at radius 2 is 1.86 bits per heavy atom. The lowest BCUT2D eigenvalue weighted by molar-refractivity contribution is 0.102. The maximum atomic E-state index is 15.2. The van der Waals surface area contributed by atoms with E-state index in [4.69, 9.17) is 14.2 Å². The molecule has 1 aliphatic rings. The van der Waals surface area contributed by atoms with Crippen LogP contribution in [0.15, 0.2) is 78.3 Å². The molecular formula is C33H32FN5O4S. The van der Waals surface area contributed by atoms with E-state index < -0.39 is 11.7 Å². The molecule has 2 N–H and O–H groups in total. The van der Waals surface area contributed by atoms with Crippen LogP contribution in [0.4, 0.5) is 10.1 Å². The van der Waals surface area contributed by atoms with Gasteiger partial charge in [0.05, 0.1) is 19.2 Å². The van der Waals surface area contributed by atoms with Crippen molar-refractivity contribution in [3.05, 3.63) is 89.8 Å². The standard InChI is InChI=1S/C33H32FN5O4S/c1-41-30-19-24-26(20-31(30)42-17-5-14-39-15-12-35-13-16-39)36-11-10-28(24)43-29-9-8-23(18-25(29)34)37-32(40)27-21-44-33(38-27)22-6-3-2-4-7-22/h2-4,6-11,18-21,35H,5,12-17H2,1H3,(H,37,40). The highest BCUT2D eigenvalue weighted by Crippen LogP contribution is 2.38. The number of amides is 1. The fourth-order valence-electron chi connectivity index (χ4n) is 4.96. The first-order valence-electron chi connectivity index (χ1n) is 14.4. The molecule has 0 unspecified atom stereocenters. The van der Waals surface area contributed by atoms with Gasteiger partial charge in [-0.2, -0.15) is 0 Å². The van der Waals surface area contributed by atoms with Crippen molar-refractivity contribution in [2.75, 3.05) is 51.8 Å². The molecule has 1 saturated heterocycles. The summed E-state index contributed by atoms with van der Waals surface area (Å²) in [7, 11) is 1.58. The molecule has 9 nitrogen and oxygen atoms in total. The summed E-state index contributed by atoms with van der Waals surface area (Å²) in [6.07, 6.45) is 2.49. The highest BCUT2D eigenvalue weighted by atomic mass is 32.1. The topological polar surface area (TPSA) is 97.8 Å². The number of nitrogens with zero attached hydrogens (tertiary/aromatic N) is 3. The summed E-state index contributed by atoms with van der Waals surface area (Å²) in [5.74, 6) is 0.478. The summed E-state index contributed by atoms with van der Waals surface area (Å²) in [4.78, 5) is 24.1. The Kier molecular flexibility index (Phi) is 9.25. The third-order valence-electron chi connectivity index (χ3n) is 7.24. The lowest BCUT2D eigenvalue weighted by Crippen LogP contribution is -2.43. The Morgan fingerprint density at radius 1 is 1.02 bits per heavy atom. The van der Waals surface area contributed by atoms with Gasteiger partial charge in [0.2, 0.25) is 0 Å². The van der Waals surface area contributed by atoms with E-state index in [-0.39, 0.29) is 17.1 Å². The Morgan fingerprint density at radius 3 is 2.66 bits per heavy atom. The zero-order valence-corrected chi connectivity index (χ0v) is 25.0. The van der Waals surface area contributed by atoms with Crippen LogP contribution in [0.3, 0.4) is 0 Å². The Balaban J connectivity index is 1.12. The number of carbonyl (C=O) groups is 1. The van der Waals surface area contributed by atoms with E-state index in [9.17, 15) is 4.79 Å². The number of pyridine rings is 1. The van der Waals surface area contributed by atoms with Gasteiger partial charge in [0.25, 0.3) is 5.91 Å². The lowest BCUT2D eigenvalue weighted by atomic mass is 10.1. The van der Waals surface area contributed by atoms with Crippen molar-refractivity contribution >= 4 is 33.8 Å². The first kappa shape index (κ1) is 29.5. The van der Waals surface area contributed by atoms with Gasteiger partial charge in [0, 0.05) is 73.1 Å². The highest BCUT2D eigenvalue weighted by Gasteiger charge is 2.16. The number of thiazole rings is 1. The molecule has 3 aromatic carbocycles. The maximum Gasteiger partial charge on any atom is 0.275 e. The van der Waals surface area contributed by atoms with Crippen LogP contribution >= 0.6 is 11.3 Å². The summed E-state index contributed by atoms with van der Waals surface area (Å²) < 4.78 is 32.8. The first-order valence-corrected chi connectivity index (χ1v) is 15.3. The molecule has 3 heterocycles. The van der Waals surface area contributed by atoms with Crippen molar-refractivity contribution in [1.82, 2.24) is 20.2 Å². The number of hydrogen-bond acceptors (Lipinski definition) is 9. The predicted molar refractivity (Wildman–Crippen MR) is 170 cm³/mol. The summed E-state index contributed by atoms with van der Waals surface area (Å²) in [5.41, 5.74) is 2.10. The van der Waals surface area contributed by atoms with Gasteiger partial charge >= 0.3 is 0 Å². The van der Waals surface area contributed by atoms with Crippen LogP contribution < -0.4 is 24.8 Å². The van der Waals surface area contributed by atoms with Gasteiger partial charge in [-0.1, -0.05) is 30.3 Å². The van der Waals surface area contributed by atoms with Gasteiger partial charge in [-0.3, -0.25) is 9.78 Å². The number of fused-ring (bicyclic) bond motifs is 1. The molecule has 0 bridgehead atoms. The normalized spacial score (nSPS) is 13.5. The fourth-order valence-corrected chi connectivity index (χ4v) is 5.77. The minimum atomic E-state index is -0.632. The van der Waals surface area contributed by atoms with Crippen LogP contribution in [0.5, 0.6) is 23.0 Å². The molecule has 0 radical (unpaired) electrons. The van der Waals surface area contributed by atoms with E-state index in [0.717, 1.165) is 49.7 Å². The predicted octanol–water partition coefficient (Wildman–Crippen LogP) is 6.22. The van der Waals surface area contributed by atoms with Gasteiger partial charge in [0.15, 0.2) is 23.1 Å². The molecule has 44 heavy (non-hydrogen) atoms. The summed E-state index contributed by atoms with van der Waals surface area (Å²) in [5, 5.41) is 9.13. The Labute approximate surface area is 258 Å². The zero-order chi connectivity index (χ0) is 30.3. The monoisotopic (exact) mass is 613 g/mol. The quantitative estimate of drug-likeness (QED) is 0.169. The Hall–Kier alpha value is -4.58. The molecule has 1 aliphatic heterocycles. The third kappa shape index (κ3) is 6.96. The zero-order valence-electron chi connectivity index (χ0n) is 24.2. The molecule has 0 aliphatic carbocycles. The average molecular weight is 614 g/mol. The van der Waals surface area contributed by atoms with Gasteiger partial charge in [-0.25, -0.2) is 9.37 Å². The van der Waals surface area contributed by atoms with E-state index in [1.54, 1.807) is 36.9 Å². The number of hydrogen-bond donors (Lipinski definition) is 2. The number of piperazine rings is 1. The van der Waals surface area contributed by atoms with Crippen LogP contribution in [-0.2, 0) is 0 Å². The Bertz CT molecular complexity index is 1740. The van der Waals surface area contributed by atoms with Crippen LogP contribution in [0.25, 0.3) is 21.5 Å². The first-order chi connectivity index (χ1) is 21.6. The lowest BCUT2D eigenvalue weighted by Gasteiger charge is -2.27. The number of nitrogens with one attached hydrogen (secondary N) is 2. The van der Waals surface area contributed by atoms with E-state index in [1.165, 1.54) is 23.5 Å². The summed E-state index contributed by atoms with van der Waals surface area (Å²) in [6, 6.07) is 19.1. The second kappa shape index (κ2) is 13.8. The van der Waals surface area contributed by atoms with E-state index in [1.807, 2.05) is 36.4 Å². The van der Waals surface area contributed by atoms with Crippen molar-refractivity contribution in [2.24, 2.45) is 0 Å². The van der Waals surface area contributed by atoms with E-state index in [2.05, 4.69) is 25.5 Å². The molecule has 5 aromatic rings. The smallest absolute Gasteiger partial charge is 0.275 e. The van der Waals surface area contributed by atoms with E-state index in [0.29, 0.717) is 34.8 Å². The minimum Gasteiger partial charge on any atom is -0.493 e. The van der Waals surface area contributed by atoms with Gasteiger partial charge < -0.3 is 29.7 Å². The molecule has 1 amide bonds. The number of aromatic nitrogens is 2. The van der Waals surface area contributed by atoms with Crippen molar-refractivity contribution in [3.63, 3.8) is 0 Å². The number of ether oxygens (including phenoxy) is 3. The summed E-state index contributed by atoms with van der Waals surface area (Å²) >= 11 is 1.37. The van der Waals surface area contributed by atoms with Gasteiger partial charge in [0.1, 0.15) is 16.5 Å². The van der Waals surface area contributed by atoms with Gasteiger partial charge in [-0.15, -0.1) is 11.3 Å². The van der Waals surface area contributed by atoms with Crippen molar-refractivity contribution < 1.29 is 23.4 Å².